The standard InChI is InChI=1S/C21H29N5O4S.C2HF3O2/c1-15-4-5-19(16(2)12-15)31(28,29)25-17-13-18(21(27)23-8-11-30-3)20(24-14-17)26-9-6-22-7-10-26;3-2(4,5)1(6)7/h4-5,12-14,22,25H,6-11H2,1-3H3,(H,23,27);(H,6,7). The number of alkyl halides is 3. The van der Waals surface area contributed by atoms with Crippen molar-refractivity contribution in [2.45, 2.75) is 24.9 Å². The normalized spacial score (nSPS) is 13.8. The van der Waals surface area contributed by atoms with Gasteiger partial charge < -0.3 is 25.4 Å². The first-order valence-electron chi connectivity index (χ1n) is 11.4. The number of sulfonamides is 1. The lowest BCUT2D eigenvalue weighted by Gasteiger charge is -2.30. The molecule has 0 radical (unpaired) electrons. The third-order valence-electron chi connectivity index (χ3n) is 5.23. The van der Waals surface area contributed by atoms with E-state index < -0.39 is 22.2 Å². The molecule has 1 fully saturated rings. The van der Waals surface area contributed by atoms with E-state index in [4.69, 9.17) is 14.6 Å². The first-order valence-corrected chi connectivity index (χ1v) is 12.9. The molecule has 4 N–H and O–H groups in total. The number of hydrogen-bond donors (Lipinski definition) is 4. The molecule has 0 bridgehead atoms. The Kier molecular flexibility index (Phi) is 10.9. The third kappa shape index (κ3) is 8.85. The van der Waals surface area contributed by atoms with Gasteiger partial charge >= 0.3 is 12.1 Å². The van der Waals surface area contributed by atoms with Gasteiger partial charge in [-0.3, -0.25) is 9.52 Å². The first kappa shape index (κ1) is 30.8. The number of nitrogens with zero attached hydrogens (tertiary/aromatic N) is 2. The Morgan fingerprint density at radius 2 is 1.82 bits per heavy atom. The lowest BCUT2D eigenvalue weighted by Crippen LogP contribution is -2.44. The Morgan fingerprint density at radius 3 is 2.37 bits per heavy atom. The van der Waals surface area contributed by atoms with Crippen molar-refractivity contribution in [3.05, 3.63) is 47.2 Å². The molecular weight excluding hydrogens is 531 g/mol. The highest BCUT2D eigenvalue weighted by atomic mass is 32.2. The number of rotatable bonds is 8. The number of amides is 1. The molecule has 1 amide bonds. The summed E-state index contributed by atoms with van der Waals surface area (Å²) in [4.78, 5) is 28.4. The van der Waals surface area contributed by atoms with Crippen molar-refractivity contribution in [2.75, 3.05) is 56.1 Å². The maximum Gasteiger partial charge on any atom is 0.490 e. The largest absolute Gasteiger partial charge is 0.490 e. The van der Waals surface area contributed by atoms with Crippen LogP contribution in [0.5, 0.6) is 0 Å². The van der Waals surface area contributed by atoms with Gasteiger partial charge in [-0.25, -0.2) is 18.2 Å². The number of nitrogens with one attached hydrogen (secondary N) is 3. The van der Waals surface area contributed by atoms with Crippen molar-refractivity contribution in [1.29, 1.82) is 0 Å². The van der Waals surface area contributed by atoms with Gasteiger partial charge in [-0.05, 0) is 31.5 Å². The molecule has 0 aliphatic carbocycles. The predicted octanol–water partition coefficient (Wildman–Crippen LogP) is 1.92. The fraction of sp³-hybridized carbons (Fsp3) is 0.435. The zero-order chi connectivity index (χ0) is 28.5. The number of anilines is 2. The molecule has 2 heterocycles. The number of carbonyl (C=O) groups excluding carboxylic acids is 1. The van der Waals surface area contributed by atoms with E-state index in [1.54, 1.807) is 26.2 Å². The summed E-state index contributed by atoms with van der Waals surface area (Å²) in [5.41, 5.74) is 2.18. The molecular formula is C23H30F3N5O6S. The van der Waals surface area contributed by atoms with Crippen LogP contribution in [0, 0.1) is 13.8 Å². The summed E-state index contributed by atoms with van der Waals surface area (Å²) >= 11 is 0. The second kappa shape index (κ2) is 13.4. The van der Waals surface area contributed by atoms with E-state index >= 15 is 0 Å². The molecule has 1 aromatic carbocycles. The number of aryl methyl sites for hydroxylation is 2. The topological polar surface area (TPSA) is 150 Å². The van der Waals surface area contributed by atoms with Crippen molar-refractivity contribution in [1.82, 2.24) is 15.6 Å². The number of carboxylic acid groups (broad SMARTS) is 1. The molecule has 1 aliphatic heterocycles. The zero-order valence-corrected chi connectivity index (χ0v) is 21.9. The monoisotopic (exact) mass is 561 g/mol. The lowest BCUT2D eigenvalue weighted by atomic mass is 10.2. The maximum absolute atomic E-state index is 12.9. The van der Waals surface area contributed by atoms with E-state index in [-0.39, 0.29) is 16.5 Å². The van der Waals surface area contributed by atoms with Crippen LogP contribution in [0.3, 0.4) is 0 Å². The number of piperazine rings is 1. The Hall–Kier alpha value is -3.43. The molecule has 0 saturated carbocycles. The number of carboxylic acids is 1. The second-order valence-electron chi connectivity index (χ2n) is 8.26. The van der Waals surface area contributed by atoms with Crippen LogP contribution in [0.2, 0.25) is 0 Å². The summed E-state index contributed by atoms with van der Waals surface area (Å²) in [5, 5.41) is 13.2. The molecule has 1 saturated heterocycles. The Bertz CT molecular complexity index is 1230. The van der Waals surface area contributed by atoms with E-state index in [1.807, 2.05) is 17.9 Å². The lowest BCUT2D eigenvalue weighted by molar-refractivity contribution is -0.192. The van der Waals surface area contributed by atoms with Crippen molar-refractivity contribution >= 4 is 33.4 Å². The fourth-order valence-electron chi connectivity index (χ4n) is 3.48. The predicted molar refractivity (Wildman–Crippen MR) is 134 cm³/mol. The van der Waals surface area contributed by atoms with Gasteiger partial charge in [0.2, 0.25) is 0 Å². The molecule has 3 rings (SSSR count). The molecule has 2 aromatic rings. The smallest absolute Gasteiger partial charge is 0.475 e. The minimum absolute atomic E-state index is 0.190. The summed E-state index contributed by atoms with van der Waals surface area (Å²) in [6.45, 7) is 7.36. The average Bonchev–Trinajstić information content (AvgIpc) is 2.84. The molecule has 1 aromatic heterocycles. The van der Waals surface area contributed by atoms with E-state index in [9.17, 15) is 26.4 Å². The number of hydrogen-bond acceptors (Lipinski definition) is 8. The van der Waals surface area contributed by atoms with Crippen LogP contribution in [0.4, 0.5) is 24.7 Å². The SMILES string of the molecule is COCCNC(=O)c1cc(NS(=O)(=O)c2ccc(C)cc2C)cnc1N1CCNCC1.O=C(O)C(F)(F)F. The number of aliphatic carboxylic acids is 1. The summed E-state index contributed by atoms with van der Waals surface area (Å²) in [7, 11) is -2.27. The van der Waals surface area contributed by atoms with Crippen molar-refractivity contribution < 1.29 is 41.0 Å². The minimum Gasteiger partial charge on any atom is -0.475 e. The van der Waals surface area contributed by atoms with E-state index in [0.717, 1.165) is 18.7 Å². The van der Waals surface area contributed by atoms with Gasteiger partial charge in [-0.2, -0.15) is 13.2 Å². The van der Waals surface area contributed by atoms with E-state index in [2.05, 4.69) is 20.3 Å². The summed E-state index contributed by atoms with van der Waals surface area (Å²) in [6.07, 6.45) is -3.63. The van der Waals surface area contributed by atoms with Gasteiger partial charge in [0.05, 0.1) is 29.0 Å². The minimum atomic E-state index is -5.08. The summed E-state index contributed by atoms with van der Waals surface area (Å²) < 4.78 is 65.2. The van der Waals surface area contributed by atoms with Gasteiger partial charge in [-0.1, -0.05) is 17.7 Å². The first-order chi connectivity index (χ1) is 17.8. The number of carbonyl (C=O) groups is 2. The zero-order valence-electron chi connectivity index (χ0n) is 21.1. The molecule has 0 unspecified atom stereocenters. The molecule has 15 heteroatoms. The number of benzene rings is 1. The molecule has 210 valence electrons. The number of halogens is 3. The Labute approximate surface area is 218 Å². The van der Waals surface area contributed by atoms with Gasteiger partial charge in [0, 0.05) is 39.8 Å². The van der Waals surface area contributed by atoms with Crippen molar-refractivity contribution in [3.63, 3.8) is 0 Å². The van der Waals surface area contributed by atoms with Crippen LogP contribution < -0.4 is 20.3 Å². The second-order valence-corrected chi connectivity index (χ2v) is 9.91. The number of ether oxygens (including phenoxy) is 1. The summed E-state index contributed by atoms with van der Waals surface area (Å²) in [6, 6.07) is 6.68. The Morgan fingerprint density at radius 1 is 1.18 bits per heavy atom. The van der Waals surface area contributed by atoms with Crippen LogP contribution in [0.1, 0.15) is 21.5 Å². The Balaban J connectivity index is 0.000000638. The third-order valence-corrected chi connectivity index (χ3v) is 6.78. The van der Waals surface area contributed by atoms with Crippen LogP contribution >= 0.6 is 0 Å². The number of methoxy groups -OCH3 is 1. The number of pyridine rings is 1. The maximum atomic E-state index is 12.9. The van der Waals surface area contributed by atoms with Crippen LogP contribution in [-0.4, -0.2) is 83.0 Å². The van der Waals surface area contributed by atoms with E-state index in [0.29, 0.717) is 43.2 Å². The van der Waals surface area contributed by atoms with Crippen LogP contribution in [-0.2, 0) is 19.6 Å². The highest BCUT2D eigenvalue weighted by Crippen LogP contribution is 2.25. The summed E-state index contributed by atoms with van der Waals surface area (Å²) in [5.74, 6) is -2.55. The highest BCUT2D eigenvalue weighted by molar-refractivity contribution is 7.92. The molecule has 0 atom stereocenters. The van der Waals surface area contributed by atoms with Gasteiger partial charge in [0.25, 0.3) is 15.9 Å². The quantitative estimate of drug-likeness (QED) is 0.355. The molecule has 1 aliphatic rings. The van der Waals surface area contributed by atoms with Crippen molar-refractivity contribution in [3.8, 4) is 0 Å². The molecule has 0 spiro atoms. The fourth-order valence-corrected chi connectivity index (χ4v) is 4.74. The molecule has 38 heavy (non-hydrogen) atoms. The van der Waals surface area contributed by atoms with Gasteiger partial charge in [0.15, 0.2) is 0 Å². The van der Waals surface area contributed by atoms with Gasteiger partial charge in [0.1, 0.15) is 5.82 Å². The van der Waals surface area contributed by atoms with Gasteiger partial charge in [-0.15, -0.1) is 0 Å². The highest BCUT2D eigenvalue weighted by Gasteiger charge is 2.38. The van der Waals surface area contributed by atoms with Crippen LogP contribution in [0.15, 0.2) is 35.4 Å². The number of aromatic nitrogens is 1. The van der Waals surface area contributed by atoms with E-state index in [1.165, 1.54) is 12.3 Å². The van der Waals surface area contributed by atoms with Crippen molar-refractivity contribution in [2.24, 2.45) is 0 Å². The molecule has 11 nitrogen and oxygen atoms in total. The van der Waals surface area contributed by atoms with Crippen LogP contribution in [0.25, 0.3) is 0 Å². The average molecular weight is 562 g/mol.